The van der Waals surface area contributed by atoms with Crippen LogP contribution in [0.3, 0.4) is 0 Å². The minimum Gasteiger partial charge on any atom is -0.489 e. The molecule has 1 heterocycles. The molecule has 1 aromatic rings. The Morgan fingerprint density at radius 3 is 2.55 bits per heavy atom. The molecule has 0 fully saturated rings. The van der Waals surface area contributed by atoms with Gasteiger partial charge in [0.2, 0.25) is 0 Å². The third-order valence-corrected chi connectivity index (χ3v) is 4.84. The van der Waals surface area contributed by atoms with Gasteiger partial charge in [-0.05, 0) is 42.7 Å². The second kappa shape index (κ2) is 4.95. The molecule has 0 spiro atoms. The maximum atomic E-state index is 6.37. The SMILES string of the molecule is Cc1c(C(C)C)cc2c(c1C(C)C)OC1CCC=CC21. The Morgan fingerprint density at radius 2 is 1.90 bits per heavy atom. The number of benzene rings is 1. The molecule has 0 radical (unpaired) electrons. The zero-order valence-electron chi connectivity index (χ0n) is 13.4. The lowest BCUT2D eigenvalue weighted by Crippen LogP contribution is -2.19. The molecule has 0 saturated carbocycles. The summed E-state index contributed by atoms with van der Waals surface area (Å²) >= 11 is 0. The summed E-state index contributed by atoms with van der Waals surface area (Å²) in [4.78, 5) is 0. The number of fused-ring (bicyclic) bond motifs is 3. The molecule has 0 amide bonds. The molecule has 0 aromatic heterocycles. The highest BCUT2D eigenvalue weighted by Crippen LogP contribution is 2.49. The smallest absolute Gasteiger partial charge is 0.127 e. The fourth-order valence-corrected chi connectivity index (χ4v) is 3.89. The van der Waals surface area contributed by atoms with E-state index in [1.165, 1.54) is 28.0 Å². The molecule has 1 nitrogen and oxygen atoms in total. The summed E-state index contributed by atoms with van der Waals surface area (Å²) in [6, 6.07) is 2.42. The largest absolute Gasteiger partial charge is 0.489 e. The van der Waals surface area contributed by atoms with Crippen LogP contribution in [0.15, 0.2) is 18.2 Å². The number of ether oxygens (including phenoxy) is 1. The van der Waals surface area contributed by atoms with E-state index in [9.17, 15) is 0 Å². The standard InChI is InChI=1S/C19H26O/c1-11(2)15-10-16-14-8-6-7-9-17(14)20-19(16)18(12(3)4)13(15)5/h6,8,10-12,14,17H,7,9H2,1-5H3. The van der Waals surface area contributed by atoms with Crippen molar-refractivity contribution in [1.82, 2.24) is 0 Å². The van der Waals surface area contributed by atoms with Crippen LogP contribution in [0, 0.1) is 6.92 Å². The van der Waals surface area contributed by atoms with Gasteiger partial charge in [-0.1, -0.05) is 45.9 Å². The highest BCUT2D eigenvalue weighted by molar-refractivity contribution is 5.57. The quantitative estimate of drug-likeness (QED) is 0.650. The van der Waals surface area contributed by atoms with E-state index in [0.717, 1.165) is 12.8 Å². The Kier molecular flexibility index (Phi) is 3.40. The molecular formula is C19H26O. The van der Waals surface area contributed by atoms with Crippen molar-refractivity contribution in [3.8, 4) is 5.75 Å². The molecule has 20 heavy (non-hydrogen) atoms. The van der Waals surface area contributed by atoms with Crippen LogP contribution in [0.5, 0.6) is 5.75 Å². The van der Waals surface area contributed by atoms with E-state index in [-0.39, 0.29) is 0 Å². The topological polar surface area (TPSA) is 9.23 Å². The van der Waals surface area contributed by atoms with Gasteiger partial charge in [0.25, 0.3) is 0 Å². The van der Waals surface area contributed by atoms with Gasteiger partial charge in [0.1, 0.15) is 11.9 Å². The van der Waals surface area contributed by atoms with Crippen molar-refractivity contribution in [1.29, 1.82) is 0 Å². The third kappa shape index (κ3) is 1.99. The van der Waals surface area contributed by atoms with Gasteiger partial charge < -0.3 is 4.74 Å². The average Bonchev–Trinajstić information content (AvgIpc) is 2.74. The summed E-state index contributed by atoms with van der Waals surface area (Å²) in [6.45, 7) is 11.4. The number of hydrogen-bond donors (Lipinski definition) is 0. The second-order valence-electron chi connectivity index (χ2n) is 6.92. The van der Waals surface area contributed by atoms with Crippen LogP contribution in [0.2, 0.25) is 0 Å². The summed E-state index contributed by atoms with van der Waals surface area (Å²) in [6.07, 6.45) is 7.37. The zero-order chi connectivity index (χ0) is 14.4. The van der Waals surface area contributed by atoms with Crippen LogP contribution in [0.25, 0.3) is 0 Å². The predicted molar refractivity (Wildman–Crippen MR) is 84.9 cm³/mol. The lowest BCUT2D eigenvalue weighted by atomic mass is 9.82. The number of rotatable bonds is 2. The first-order valence-electron chi connectivity index (χ1n) is 8.01. The Bertz CT molecular complexity index is 551. The minimum atomic E-state index is 0.370. The van der Waals surface area contributed by atoms with E-state index in [0.29, 0.717) is 23.9 Å². The van der Waals surface area contributed by atoms with Gasteiger partial charge in [0.15, 0.2) is 0 Å². The van der Waals surface area contributed by atoms with Gasteiger partial charge in [0, 0.05) is 17.0 Å². The van der Waals surface area contributed by atoms with Crippen LogP contribution < -0.4 is 4.74 Å². The van der Waals surface area contributed by atoms with Crippen molar-refractivity contribution >= 4 is 0 Å². The third-order valence-electron chi connectivity index (χ3n) is 4.84. The summed E-state index contributed by atoms with van der Waals surface area (Å²) in [5.74, 6) is 2.77. The fraction of sp³-hybridized carbons (Fsp3) is 0.579. The maximum Gasteiger partial charge on any atom is 0.127 e. The van der Waals surface area contributed by atoms with Gasteiger partial charge in [-0.2, -0.15) is 0 Å². The molecule has 0 saturated heterocycles. The van der Waals surface area contributed by atoms with E-state index in [4.69, 9.17) is 4.74 Å². The lowest BCUT2D eigenvalue weighted by molar-refractivity contribution is 0.202. The summed E-state index contributed by atoms with van der Waals surface area (Å²) in [5.41, 5.74) is 5.81. The van der Waals surface area contributed by atoms with Crippen molar-refractivity contribution < 1.29 is 4.74 Å². The van der Waals surface area contributed by atoms with Gasteiger partial charge >= 0.3 is 0 Å². The molecule has 3 rings (SSSR count). The number of allylic oxidation sites excluding steroid dienone is 1. The van der Waals surface area contributed by atoms with Crippen LogP contribution in [0.1, 0.15) is 80.5 Å². The molecule has 0 bridgehead atoms. The molecule has 1 aliphatic heterocycles. The van der Waals surface area contributed by atoms with Crippen molar-refractivity contribution in [2.45, 2.75) is 71.3 Å². The second-order valence-corrected chi connectivity index (χ2v) is 6.92. The summed E-state index contributed by atoms with van der Waals surface area (Å²) in [7, 11) is 0. The first kappa shape index (κ1) is 13.7. The predicted octanol–water partition coefficient (Wildman–Crippen LogP) is 5.44. The van der Waals surface area contributed by atoms with E-state index < -0.39 is 0 Å². The van der Waals surface area contributed by atoms with E-state index in [1.54, 1.807) is 0 Å². The molecule has 1 heteroatoms. The van der Waals surface area contributed by atoms with Crippen LogP contribution in [-0.2, 0) is 0 Å². The highest BCUT2D eigenvalue weighted by atomic mass is 16.5. The van der Waals surface area contributed by atoms with Crippen molar-refractivity contribution in [2.24, 2.45) is 0 Å². The lowest BCUT2D eigenvalue weighted by Gasteiger charge is -2.20. The number of hydrogen-bond acceptors (Lipinski definition) is 1. The fourth-order valence-electron chi connectivity index (χ4n) is 3.89. The normalized spacial score (nSPS) is 23.9. The maximum absolute atomic E-state index is 6.37. The first-order chi connectivity index (χ1) is 9.50. The van der Waals surface area contributed by atoms with Crippen molar-refractivity contribution in [3.05, 3.63) is 40.5 Å². The van der Waals surface area contributed by atoms with Gasteiger partial charge in [0.05, 0.1) is 0 Å². The molecule has 0 N–H and O–H groups in total. The van der Waals surface area contributed by atoms with Crippen molar-refractivity contribution in [3.63, 3.8) is 0 Å². The first-order valence-corrected chi connectivity index (χ1v) is 8.01. The van der Waals surface area contributed by atoms with Gasteiger partial charge in [-0.15, -0.1) is 0 Å². The molecule has 108 valence electrons. The van der Waals surface area contributed by atoms with Crippen LogP contribution >= 0.6 is 0 Å². The molecule has 2 unspecified atom stereocenters. The van der Waals surface area contributed by atoms with E-state index in [1.807, 2.05) is 0 Å². The van der Waals surface area contributed by atoms with Gasteiger partial charge in [-0.25, -0.2) is 0 Å². The zero-order valence-corrected chi connectivity index (χ0v) is 13.4. The van der Waals surface area contributed by atoms with Gasteiger partial charge in [-0.3, -0.25) is 0 Å². The summed E-state index contributed by atoms with van der Waals surface area (Å²) < 4.78 is 6.37. The average molecular weight is 270 g/mol. The molecule has 2 aliphatic rings. The minimum absolute atomic E-state index is 0.370. The molecule has 1 aromatic carbocycles. The molecular weight excluding hydrogens is 244 g/mol. The highest BCUT2D eigenvalue weighted by Gasteiger charge is 2.37. The Morgan fingerprint density at radius 1 is 1.15 bits per heavy atom. The van der Waals surface area contributed by atoms with Crippen LogP contribution in [-0.4, -0.2) is 6.10 Å². The van der Waals surface area contributed by atoms with Crippen molar-refractivity contribution in [2.75, 3.05) is 0 Å². The van der Waals surface area contributed by atoms with E-state index >= 15 is 0 Å². The Labute approximate surface area is 123 Å². The summed E-state index contributed by atoms with van der Waals surface area (Å²) in [5, 5.41) is 0. The molecule has 2 atom stereocenters. The Balaban J connectivity index is 2.21. The van der Waals surface area contributed by atoms with E-state index in [2.05, 4.69) is 52.8 Å². The Hall–Kier alpha value is -1.24. The van der Waals surface area contributed by atoms with Crippen LogP contribution in [0.4, 0.5) is 0 Å². The molecule has 1 aliphatic carbocycles. The monoisotopic (exact) mass is 270 g/mol.